The maximum absolute atomic E-state index is 13.0. The number of para-hydroxylation sites is 1. The molecule has 0 aromatic heterocycles. The molecule has 0 aliphatic heterocycles. The van der Waals surface area contributed by atoms with Crippen molar-refractivity contribution in [1.82, 2.24) is 4.90 Å². The molecule has 0 bridgehead atoms. The lowest BCUT2D eigenvalue weighted by Gasteiger charge is -2.27. The predicted octanol–water partition coefficient (Wildman–Crippen LogP) is 4.34. The molecule has 2 rings (SSSR count). The summed E-state index contributed by atoms with van der Waals surface area (Å²) in [7, 11) is 0. The van der Waals surface area contributed by atoms with Crippen LogP contribution in [0.5, 0.6) is 0 Å². The molecular formula is C21H28N2O. The molecule has 0 aliphatic carbocycles. The Bertz CT molecular complexity index is 592. The van der Waals surface area contributed by atoms with Crippen molar-refractivity contribution in [2.24, 2.45) is 0 Å². The lowest BCUT2D eigenvalue weighted by atomic mass is 10.2. The van der Waals surface area contributed by atoms with Crippen molar-refractivity contribution < 1.29 is 4.79 Å². The number of carbonyl (C=O) groups is 1. The number of anilines is 1. The molecular weight excluding hydrogens is 296 g/mol. The van der Waals surface area contributed by atoms with Crippen LogP contribution in [0.25, 0.3) is 0 Å². The fourth-order valence-electron chi connectivity index (χ4n) is 2.88. The molecule has 0 spiro atoms. The van der Waals surface area contributed by atoms with Crippen LogP contribution >= 0.6 is 0 Å². The molecule has 0 saturated carbocycles. The van der Waals surface area contributed by atoms with Gasteiger partial charge in [-0.3, -0.25) is 9.69 Å². The zero-order valence-corrected chi connectivity index (χ0v) is 14.8. The first-order valence-electron chi connectivity index (χ1n) is 8.86. The van der Waals surface area contributed by atoms with Crippen LogP contribution < -0.4 is 4.90 Å². The summed E-state index contributed by atoms with van der Waals surface area (Å²) in [5.74, 6) is 0.159. The highest BCUT2D eigenvalue weighted by Crippen LogP contribution is 2.17. The van der Waals surface area contributed by atoms with Crippen molar-refractivity contribution in [3.63, 3.8) is 0 Å². The van der Waals surface area contributed by atoms with Gasteiger partial charge in [-0.05, 0) is 43.6 Å². The van der Waals surface area contributed by atoms with Crippen LogP contribution in [0.3, 0.4) is 0 Å². The van der Waals surface area contributed by atoms with E-state index >= 15 is 0 Å². The third-order valence-corrected chi connectivity index (χ3v) is 3.99. The Hall–Kier alpha value is -2.13. The van der Waals surface area contributed by atoms with Gasteiger partial charge in [0.2, 0.25) is 5.91 Å². The highest BCUT2D eigenvalue weighted by Gasteiger charge is 2.18. The number of benzene rings is 2. The van der Waals surface area contributed by atoms with Crippen molar-refractivity contribution in [1.29, 1.82) is 0 Å². The lowest BCUT2D eigenvalue weighted by molar-refractivity contribution is -0.119. The highest BCUT2D eigenvalue weighted by atomic mass is 16.2. The van der Waals surface area contributed by atoms with Crippen LogP contribution in [0.1, 0.15) is 32.3 Å². The van der Waals surface area contributed by atoms with Gasteiger partial charge in [0.05, 0.1) is 13.1 Å². The summed E-state index contributed by atoms with van der Waals surface area (Å²) in [6.45, 7) is 7.33. The van der Waals surface area contributed by atoms with Gasteiger partial charge < -0.3 is 4.90 Å². The number of hydrogen-bond acceptors (Lipinski definition) is 2. The maximum atomic E-state index is 13.0. The Morgan fingerprint density at radius 1 is 0.833 bits per heavy atom. The molecule has 1 amide bonds. The lowest BCUT2D eigenvalue weighted by Crippen LogP contribution is -2.40. The molecule has 3 nitrogen and oxygen atoms in total. The van der Waals surface area contributed by atoms with Crippen LogP contribution in [0.15, 0.2) is 60.7 Å². The van der Waals surface area contributed by atoms with Crippen molar-refractivity contribution in [2.45, 2.75) is 33.2 Å². The van der Waals surface area contributed by atoms with E-state index in [1.54, 1.807) is 0 Å². The zero-order chi connectivity index (χ0) is 17.2. The first-order chi connectivity index (χ1) is 11.7. The molecule has 0 saturated heterocycles. The van der Waals surface area contributed by atoms with E-state index in [1.165, 1.54) is 0 Å². The summed E-state index contributed by atoms with van der Waals surface area (Å²) in [5.41, 5.74) is 2.10. The highest BCUT2D eigenvalue weighted by molar-refractivity contribution is 5.94. The van der Waals surface area contributed by atoms with E-state index in [4.69, 9.17) is 0 Å². The number of nitrogens with zero attached hydrogens (tertiary/aromatic N) is 2. The smallest absolute Gasteiger partial charge is 0.241 e. The summed E-state index contributed by atoms with van der Waals surface area (Å²) < 4.78 is 0. The van der Waals surface area contributed by atoms with E-state index in [-0.39, 0.29) is 5.91 Å². The van der Waals surface area contributed by atoms with E-state index < -0.39 is 0 Å². The minimum absolute atomic E-state index is 0.159. The molecule has 3 heteroatoms. The minimum Gasteiger partial charge on any atom is -0.307 e. The minimum atomic E-state index is 0.159. The Morgan fingerprint density at radius 3 is 1.92 bits per heavy atom. The molecule has 0 N–H and O–H groups in total. The number of amides is 1. The summed E-state index contributed by atoms with van der Waals surface area (Å²) in [4.78, 5) is 17.1. The SMILES string of the molecule is CCCN(CCC)CC(=O)N(Cc1ccccc1)c1ccccc1. The molecule has 0 radical (unpaired) electrons. The molecule has 2 aromatic rings. The molecule has 128 valence electrons. The fourth-order valence-corrected chi connectivity index (χ4v) is 2.88. The zero-order valence-electron chi connectivity index (χ0n) is 14.8. The quantitative estimate of drug-likeness (QED) is 0.685. The van der Waals surface area contributed by atoms with Crippen molar-refractivity contribution in [3.8, 4) is 0 Å². The Labute approximate surface area is 145 Å². The largest absolute Gasteiger partial charge is 0.307 e. The number of carbonyl (C=O) groups excluding carboxylic acids is 1. The third-order valence-electron chi connectivity index (χ3n) is 3.99. The summed E-state index contributed by atoms with van der Waals surface area (Å²) in [6, 6.07) is 20.1. The molecule has 0 fully saturated rings. The number of rotatable bonds is 9. The van der Waals surface area contributed by atoms with E-state index in [1.807, 2.05) is 53.4 Å². The van der Waals surface area contributed by atoms with Crippen molar-refractivity contribution >= 4 is 11.6 Å². The van der Waals surface area contributed by atoms with E-state index in [9.17, 15) is 4.79 Å². The second kappa shape index (κ2) is 9.89. The van der Waals surface area contributed by atoms with E-state index in [2.05, 4.69) is 30.9 Å². The number of hydrogen-bond donors (Lipinski definition) is 0. The second-order valence-corrected chi connectivity index (χ2v) is 6.08. The normalized spacial score (nSPS) is 10.8. The summed E-state index contributed by atoms with van der Waals surface area (Å²) >= 11 is 0. The first kappa shape index (κ1) is 18.2. The van der Waals surface area contributed by atoms with Crippen LogP contribution in [-0.4, -0.2) is 30.4 Å². The van der Waals surface area contributed by atoms with Gasteiger partial charge in [0.25, 0.3) is 0 Å². The first-order valence-corrected chi connectivity index (χ1v) is 8.86. The Balaban J connectivity index is 2.17. The van der Waals surface area contributed by atoms with Gasteiger partial charge >= 0.3 is 0 Å². The topological polar surface area (TPSA) is 23.6 Å². The summed E-state index contributed by atoms with van der Waals surface area (Å²) in [5, 5.41) is 0. The Kier molecular flexibility index (Phi) is 7.50. The van der Waals surface area contributed by atoms with Gasteiger partial charge in [-0.15, -0.1) is 0 Å². The van der Waals surface area contributed by atoms with Crippen LogP contribution in [0, 0.1) is 0 Å². The van der Waals surface area contributed by atoms with Gasteiger partial charge in [0, 0.05) is 5.69 Å². The average Bonchev–Trinajstić information content (AvgIpc) is 2.61. The van der Waals surface area contributed by atoms with Crippen LogP contribution in [0.4, 0.5) is 5.69 Å². The van der Waals surface area contributed by atoms with Gasteiger partial charge in [0.1, 0.15) is 0 Å². The average molecular weight is 324 g/mol. The molecule has 2 aromatic carbocycles. The fraction of sp³-hybridized carbons (Fsp3) is 0.381. The van der Waals surface area contributed by atoms with Gasteiger partial charge in [-0.2, -0.15) is 0 Å². The third kappa shape index (κ3) is 5.50. The monoisotopic (exact) mass is 324 g/mol. The van der Waals surface area contributed by atoms with Crippen LogP contribution in [-0.2, 0) is 11.3 Å². The van der Waals surface area contributed by atoms with Crippen molar-refractivity contribution in [2.75, 3.05) is 24.5 Å². The van der Waals surface area contributed by atoms with E-state index in [0.29, 0.717) is 13.1 Å². The van der Waals surface area contributed by atoms with Crippen LogP contribution in [0.2, 0.25) is 0 Å². The molecule has 0 aliphatic rings. The molecule has 0 heterocycles. The second-order valence-electron chi connectivity index (χ2n) is 6.08. The maximum Gasteiger partial charge on any atom is 0.241 e. The predicted molar refractivity (Wildman–Crippen MR) is 101 cm³/mol. The van der Waals surface area contributed by atoms with E-state index in [0.717, 1.165) is 37.2 Å². The molecule has 0 unspecified atom stereocenters. The Morgan fingerprint density at radius 2 is 1.38 bits per heavy atom. The van der Waals surface area contributed by atoms with Gasteiger partial charge in [-0.1, -0.05) is 62.4 Å². The van der Waals surface area contributed by atoms with Gasteiger partial charge in [-0.25, -0.2) is 0 Å². The summed E-state index contributed by atoms with van der Waals surface area (Å²) in [6.07, 6.45) is 2.13. The van der Waals surface area contributed by atoms with Crippen molar-refractivity contribution in [3.05, 3.63) is 66.2 Å². The molecule has 0 atom stereocenters. The van der Waals surface area contributed by atoms with Gasteiger partial charge in [0.15, 0.2) is 0 Å². The standard InChI is InChI=1S/C21H28N2O/c1-3-15-22(16-4-2)18-21(24)23(20-13-9-6-10-14-20)17-19-11-7-5-8-12-19/h5-14H,3-4,15-18H2,1-2H3. The molecule has 24 heavy (non-hydrogen) atoms.